The lowest BCUT2D eigenvalue weighted by atomic mass is 10.2. The molecular formula is C16H12Cl2N2O3. The van der Waals surface area contributed by atoms with Crippen LogP contribution in [0.5, 0.6) is 0 Å². The zero-order valence-electron chi connectivity index (χ0n) is 11.9. The molecule has 0 radical (unpaired) electrons. The van der Waals surface area contributed by atoms with E-state index in [2.05, 4.69) is 5.32 Å². The van der Waals surface area contributed by atoms with Crippen molar-refractivity contribution < 1.29 is 9.21 Å². The van der Waals surface area contributed by atoms with E-state index < -0.39 is 5.76 Å². The summed E-state index contributed by atoms with van der Waals surface area (Å²) < 4.78 is 6.35. The second kappa shape index (κ2) is 6.48. The van der Waals surface area contributed by atoms with E-state index >= 15 is 0 Å². The van der Waals surface area contributed by atoms with Crippen LogP contribution < -0.4 is 11.1 Å². The summed E-state index contributed by atoms with van der Waals surface area (Å²) in [6, 6.07) is 12.0. The standard InChI is InChI=1S/C16H12Cl2N2O3/c17-11-3-1-10(2-4-11)8-19-15(21)9-20-13-6-5-12(18)7-14(13)23-16(20)22/h1-7H,8-9H2,(H,19,21). The average molecular weight is 351 g/mol. The first-order chi connectivity index (χ1) is 11.0. The molecule has 0 fully saturated rings. The third kappa shape index (κ3) is 3.57. The van der Waals surface area contributed by atoms with Crippen molar-refractivity contribution in [2.24, 2.45) is 0 Å². The van der Waals surface area contributed by atoms with Crippen LogP contribution >= 0.6 is 23.2 Å². The van der Waals surface area contributed by atoms with E-state index in [4.69, 9.17) is 27.6 Å². The van der Waals surface area contributed by atoms with Crippen molar-refractivity contribution in [1.82, 2.24) is 9.88 Å². The predicted molar refractivity (Wildman–Crippen MR) is 88.8 cm³/mol. The molecule has 0 aliphatic rings. The number of aromatic nitrogens is 1. The van der Waals surface area contributed by atoms with Crippen molar-refractivity contribution in [3.63, 3.8) is 0 Å². The Balaban J connectivity index is 1.71. The number of halogens is 2. The normalized spacial score (nSPS) is 10.9. The minimum atomic E-state index is -0.594. The van der Waals surface area contributed by atoms with Gasteiger partial charge in [-0.3, -0.25) is 9.36 Å². The molecular weight excluding hydrogens is 339 g/mol. The van der Waals surface area contributed by atoms with Crippen molar-refractivity contribution in [3.8, 4) is 0 Å². The molecule has 1 heterocycles. The van der Waals surface area contributed by atoms with Gasteiger partial charge in [-0.1, -0.05) is 35.3 Å². The van der Waals surface area contributed by atoms with Gasteiger partial charge in [0.1, 0.15) is 6.54 Å². The minimum absolute atomic E-state index is 0.124. The first kappa shape index (κ1) is 15.6. The summed E-state index contributed by atoms with van der Waals surface area (Å²) in [5.74, 6) is -0.886. The van der Waals surface area contributed by atoms with E-state index in [1.54, 1.807) is 30.3 Å². The molecule has 2 aromatic carbocycles. The number of hydrogen-bond acceptors (Lipinski definition) is 3. The van der Waals surface area contributed by atoms with Gasteiger partial charge in [0.25, 0.3) is 0 Å². The molecule has 23 heavy (non-hydrogen) atoms. The molecule has 0 saturated carbocycles. The summed E-state index contributed by atoms with van der Waals surface area (Å²) in [5.41, 5.74) is 1.80. The molecule has 7 heteroatoms. The molecule has 0 saturated heterocycles. The molecule has 0 aliphatic heterocycles. The van der Waals surface area contributed by atoms with Gasteiger partial charge in [-0.2, -0.15) is 0 Å². The predicted octanol–water partition coefficient (Wildman–Crippen LogP) is 3.22. The third-order valence-electron chi connectivity index (χ3n) is 3.33. The summed E-state index contributed by atoms with van der Waals surface area (Å²) in [6.07, 6.45) is 0. The fourth-order valence-corrected chi connectivity index (χ4v) is 2.48. The largest absolute Gasteiger partial charge is 0.420 e. The lowest BCUT2D eigenvalue weighted by Crippen LogP contribution is -2.30. The van der Waals surface area contributed by atoms with Crippen LogP contribution in [-0.2, 0) is 17.9 Å². The maximum absolute atomic E-state index is 12.0. The van der Waals surface area contributed by atoms with Crippen LogP contribution in [0.2, 0.25) is 10.0 Å². The molecule has 0 atom stereocenters. The van der Waals surface area contributed by atoms with Crippen LogP contribution in [0.15, 0.2) is 51.7 Å². The van der Waals surface area contributed by atoms with Crippen LogP contribution in [0.3, 0.4) is 0 Å². The number of nitrogens with zero attached hydrogens (tertiary/aromatic N) is 1. The highest BCUT2D eigenvalue weighted by Crippen LogP contribution is 2.18. The highest BCUT2D eigenvalue weighted by molar-refractivity contribution is 6.31. The Morgan fingerprint density at radius 2 is 1.78 bits per heavy atom. The van der Waals surface area contributed by atoms with Crippen LogP contribution in [-0.4, -0.2) is 10.5 Å². The van der Waals surface area contributed by atoms with Crippen molar-refractivity contribution >= 4 is 40.2 Å². The lowest BCUT2D eigenvalue weighted by Gasteiger charge is -2.06. The summed E-state index contributed by atoms with van der Waals surface area (Å²) in [7, 11) is 0. The van der Waals surface area contributed by atoms with E-state index in [9.17, 15) is 9.59 Å². The van der Waals surface area contributed by atoms with Crippen molar-refractivity contribution in [2.45, 2.75) is 13.1 Å². The summed E-state index contributed by atoms with van der Waals surface area (Å²) in [4.78, 5) is 23.9. The van der Waals surface area contributed by atoms with Crippen molar-refractivity contribution in [3.05, 3.63) is 68.6 Å². The SMILES string of the molecule is O=C(Cn1c(=O)oc2cc(Cl)ccc21)NCc1ccc(Cl)cc1. The van der Waals surface area contributed by atoms with Crippen molar-refractivity contribution in [1.29, 1.82) is 0 Å². The fraction of sp³-hybridized carbons (Fsp3) is 0.125. The number of fused-ring (bicyclic) bond motifs is 1. The van der Waals surface area contributed by atoms with Gasteiger partial charge in [-0.25, -0.2) is 4.79 Å². The molecule has 1 N–H and O–H groups in total. The maximum atomic E-state index is 12.0. The molecule has 3 aromatic rings. The Labute approximate surface area is 141 Å². The van der Waals surface area contributed by atoms with Gasteiger partial charge in [0.2, 0.25) is 5.91 Å². The number of carbonyl (C=O) groups excluding carboxylic acids is 1. The fourth-order valence-electron chi connectivity index (χ4n) is 2.19. The highest BCUT2D eigenvalue weighted by Gasteiger charge is 2.12. The van der Waals surface area contributed by atoms with E-state index in [-0.39, 0.29) is 12.5 Å². The number of benzene rings is 2. The van der Waals surface area contributed by atoms with Crippen LogP contribution in [0.1, 0.15) is 5.56 Å². The number of amides is 1. The quantitative estimate of drug-likeness (QED) is 0.785. The first-order valence-electron chi connectivity index (χ1n) is 6.83. The van der Waals surface area contributed by atoms with Crippen LogP contribution in [0.25, 0.3) is 11.1 Å². The molecule has 0 unspecified atom stereocenters. The van der Waals surface area contributed by atoms with Gasteiger partial charge in [-0.15, -0.1) is 0 Å². The number of nitrogens with one attached hydrogen (secondary N) is 1. The Bertz CT molecular complexity index is 913. The molecule has 1 amide bonds. The molecule has 0 spiro atoms. The lowest BCUT2D eigenvalue weighted by molar-refractivity contribution is -0.121. The Morgan fingerprint density at radius 1 is 1.09 bits per heavy atom. The average Bonchev–Trinajstić information content (AvgIpc) is 2.82. The molecule has 118 valence electrons. The van der Waals surface area contributed by atoms with E-state index in [0.717, 1.165) is 5.56 Å². The van der Waals surface area contributed by atoms with Gasteiger partial charge >= 0.3 is 5.76 Å². The summed E-state index contributed by atoms with van der Waals surface area (Å²) in [5, 5.41) is 3.85. The monoisotopic (exact) mass is 350 g/mol. The zero-order valence-corrected chi connectivity index (χ0v) is 13.4. The number of oxazole rings is 1. The molecule has 5 nitrogen and oxygen atoms in total. The van der Waals surface area contributed by atoms with Gasteiger partial charge in [-0.05, 0) is 29.8 Å². The topological polar surface area (TPSA) is 64.2 Å². The maximum Gasteiger partial charge on any atom is 0.420 e. The molecule has 3 rings (SSSR count). The number of carbonyl (C=O) groups is 1. The second-order valence-electron chi connectivity index (χ2n) is 4.97. The van der Waals surface area contributed by atoms with E-state index in [1.165, 1.54) is 4.57 Å². The van der Waals surface area contributed by atoms with Crippen LogP contribution in [0.4, 0.5) is 0 Å². The Morgan fingerprint density at radius 3 is 2.52 bits per heavy atom. The van der Waals surface area contributed by atoms with Crippen LogP contribution in [0, 0.1) is 0 Å². The van der Waals surface area contributed by atoms with E-state index in [0.29, 0.717) is 27.7 Å². The first-order valence-corrected chi connectivity index (χ1v) is 7.58. The zero-order chi connectivity index (χ0) is 16.4. The summed E-state index contributed by atoms with van der Waals surface area (Å²) >= 11 is 11.7. The number of rotatable bonds is 4. The Hall–Kier alpha value is -2.24. The van der Waals surface area contributed by atoms with Gasteiger partial charge < -0.3 is 9.73 Å². The second-order valence-corrected chi connectivity index (χ2v) is 5.84. The molecule has 1 aromatic heterocycles. The minimum Gasteiger partial charge on any atom is -0.408 e. The Kier molecular flexibility index (Phi) is 4.41. The van der Waals surface area contributed by atoms with Gasteiger partial charge in [0, 0.05) is 22.7 Å². The van der Waals surface area contributed by atoms with E-state index in [1.807, 2.05) is 12.1 Å². The van der Waals surface area contributed by atoms with Gasteiger partial charge in [0.05, 0.1) is 5.52 Å². The van der Waals surface area contributed by atoms with Gasteiger partial charge in [0.15, 0.2) is 5.58 Å². The number of hydrogen-bond donors (Lipinski definition) is 1. The van der Waals surface area contributed by atoms with Crippen molar-refractivity contribution in [2.75, 3.05) is 0 Å². The third-order valence-corrected chi connectivity index (χ3v) is 3.82. The molecule has 0 aliphatic carbocycles. The molecule has 0 bridgehead atoms. The highest BCUT2D eigenvalue weighted by atomic mass is 35.5. The summed E-state index contributed by atoms with van der Waals surface area (Å²) in [6.45, 7) is 0.230. The smallest absolute Gasteiger partial charge is 0.408 e.